The van der Waals surface area contributed by atoms with Gasteiger partial charge in [0, 0.05) is 11.0 Å². The van der Waals surface area contributed by atoms with Gasteiger partial charge >= 0.3 is 5.97 Å². The summed E-state index contributed by atoms with van der Waals surface area (Å²) in [4.78, 5) is 32.0. The van der Waals surface area contributed by atoms with Crippen LogP contribution in [0, 0.1) is 11.8 Å². The smallest absolute Gasteiger partial charge is 0.306 e. The molecule has 2 aliphatic carbocycles. The number of rotatable bonds is 4. The van der Waals surface area contributed by atoms with Crippen molar-refractivity contribution in [2.75, 3.05) is 19.6 Å². The lowest BCUT2D eigenvalue weighted by atomic mass is 9.69. The molecular weight excluding hydrogens is 566 g/mol. The van der Waals surface area contributed by atoms with Crippen LogP contribution < -0.4 is 5.56 Å². The summed E-state index contributed by atoms with van der Waals surface area (Å²) >= 11 is 3.63. The van der Waals surface area contributed by atoms with Crippen molar-refractivity contribution < 1.29 is 9.90 Å². The fourth-order valence-corrected chi connectivity index (χ4v) is 8.88. The van der Waals surface area contributed by atoms with E-state index in [0.717, 1.165) is 86.8 Å². The van der Waals surface area contributed by atoms with Crippen LogP contribution >= 0.6 is 15.9 Å². The Morgan fingerprint density at radius 3 is 2.48 bits per heavy atom. The van der Waals surface area contributed by atoms with E-state index in [2.05, 4.69) is 49.7 Å². The molecule has 3 fully saturated rings. The normalized spacial score (nSPS) is 24.7. The van der Waals surface area contributed by atoms with Crippen molar-refractivity contribution in [2.24, 2.45) is 11.8 Å². The van der Waals surface area contributed by atoms with Gasteiger partial charge in [0.2, 0.25) is 0 Å². The van der Waals surface area contributed by atoms with E-state index in [1.54, 1.807) is 0 Å². The molecule has 1 saturated heterocycles. The van der Waals surface area contributed by atoms with Gasteiger partial charge < -0.3 is 10.0 Å². The SMILES string of the molecule is O=C(O)C1CCC(CN2CCC(c3ccc4c(c3)-n3c(nc(=O)c5c(Br)cccc53)C43CCCCC3)CC2)CC1. The highest BCUT2D eigenvalue weighted by atomic mass is 79.9. The van der Waals surface area contributed by atoms with E-state index in [4.69, 9.17) is 4.98 Å². The molecular formula is C33H38BrN3O3. The fraction of sp³-hybridized carbons (Fsp3) is 0.545. The third kappa shape index (κ3) is 4.35. The quantitative estimate of drug-likeness (QED) is 0.355. The number of benzene rings is 2. The average molecular weight is 605 g/mol. The first-order valence-corrected chi connectivity index (χ1v) is 16.1. The number of aromatic nitrogens is 2. The first-order valence-electron chi connectivity index (χ1n) is 15.3. The van der Waals surface area contributed by atoms with E-state index in [9.17, 15) is 14.7 Å². The number of fused-ring (bicyclic) bond motifs is 7. The van der Waals surface area contributed by atoms with Crippen molar-refractivity contribution in [3.8, 4) is 5.69 Å². The maximum atomic E-state index is 13.3. The third-order valence-electron chi connectivity index (χ3n) is 10.6. The summed E-state index contributed by atoms with van der Waals surface area (Å²) in [7, 11) is 0. The van der Waals surface area contributed by atoms with E-state index >= 15 is 0 Å². The van der Waals surface area contributed by atoms with E-state index in [1.165, 1.54) is 36.1 Å². The minimum atomic E-state index is -0.617. The van der Waals surface area contributed by atoms with Crippen LogP contribution in [0.3, 0.4) is 0 Å². The summed E-state index contributed by atoms with van der Waals surface area (Å²) in [6.45, 7) is 3.32. The molecule has 3 heterocycles. The van der Waals surface area contributed by atoms with Crippen molar-refractivity contribution >= 4 is 32.8 Å². The molecule has 0 radical (unpaired) electrons. The number of aliphatic carboxylic acids is 1. The van der Waals surface area contributed by atoms with Gasteiger partial charge in [0.25, 0.3) is 5.56 Å². The molecule has 3 aromatic rings. The summed E-state index contributed by atoms with van der Waals surface area (Å²) in [5.41, 5.74) is 4.65. The van der Waals surface area contributed by atoms with E-state index in [0.29, 0.717) is 17.2 Å². The predicted molar refractivity (Wildman–Crippen MR) is 160 cm³/mol. The molecule has 40 heavy (non-hydrogen) atoms. The van der Waals surface area contributed by atoms with Crippen molar-refractivity contribution in [3.63, 3.8) is 0 Å². The highest BCUT2D eigenvalue weighted by Crippen LogP contribution is 2.52. The number of hydrogen-bond donors (Lipinski definition) is 1. The largest absolute Gasteiger partial charge is 0.481 e. The van der Waals surface area contributed by atoms with Gasteiger partial charge in [-0.05, 0) is 122 Å². The van der Waals surface area contributed by atoms with Crippen LogP contribution in [0.5, 0.6) is 0 Å². The Labute approximate surface area is 243 Å². The van der Waals surface area contributed by atoms with E-state index in [1.807, 2.05) is 12.1 Å². The number of piperidine rings is 1. The van der Waals surface area contributed by atoms with Crippen molar-refractivity contribution in [1.82, 2.24) is 14.5 Å². The molecule has 2 aromatic carbocycles. The van der Waals surface area contributed by atoms with Crippen LogP contribution in [0.15, 0.2) is 45.7 Å². The zero-order valence-corrected chi connectivity index (χ0v) is 24.7. The number of halogens is 1. The summed E-state index contributed by atoms with van der Waals surface area (Å²) in [5.74, 6) is 1.36. The molecule has 2 aliphatic heterocycles. The minimum absolute atomic E-state index is 0.129. The number of nitrogens with zero attached hydrogens (tertiary/aromatic N) is 3. The number of carbonyl (C=O) groups is 1. The van der Waals surface area contributed by atoms with Gasteiger partial charge in [-0.2, -0.15) is 4.98 Å². The van der Waals surface area contributed by atoms with Crippen LogP contribution in [-0.4, -0.2) is 45.2 Å². The molecule has 0 atom stereocenters. The first kappa shape index (κ1) is 26.4. The second kappa shape index (κ2) is 10.4. The minimum Gasteiger partial charge on any atom is -0.481 e. The summed E-state index contributed by atoms with van der Waals surface area (Å²) in [6, 6.07) is 13.2. The van der Waals surface area contributed by atoms with Gasteiger partial charge in [0.05, 0.1) is 27.9 Å². The Kier molecular flexibility index (Phi) is 6.86. The standard InChI is InChI=1S/C33H38BrN3O3/c34-26-5-4-6-27-29(26)30(38)35-32-33(15-2-1-3-16-33)25-12-11-24(19-28(25)37(27)32)22-13-17-36(18-14-22)20-21-7-9-23(10-8-21)31(39)40/h4-6,11-12,19,21-23H,1-3,7-10,13-18,20H2,(H,39,40). The molecule has 0 bridgehead atoms. The molecule has 0 unspecified atom stereocenters. The van der Waals surface area contributed by atoms with Crippen LogP contribution in [0.2, 0.25) is 0 Å². The lowest BCUT2D eigenvalue weighted by molar-refractivity contribution is -0.143. The lowest BCUT2D eigenvalue weighted by Crippen LogP contribution is -2.38. The summed E-state index contributed by atoms with van der Waals surface area (Å²) in [6.07, 6.45) is 11.8. The molecule has 210 valence electrons. The topological polar surface area (TPSA) is 75.4 Å². The van der Waals surface area contributed by atoms with Crippen molar-refractivity contribution in [2.45, 2.75) is 82.0 Å². The highest BCUT2D eigenvalue weighted by Gasteiger charge is 2.46. The van der Waals surface area contributed by atoms with Gasteiger partial charge in [0.1, 0.15) is 5.82 Å². The van der Waals surface area contributed by atoms with Crippen LogP contribution in [0.1, 0.15) is 93.5 Å². The molecule has 1 spiro atoms. The number of hydrogen-bond acceptors (Lipinski definition) is 4. The summed E-state index contributed by atoms with van der Waals surface area (Å²) in [5, 5.41) is 9.98. The van der Waals surface area contributed by atoms with Crippen molar-refractivity contribution in [1.29, 1.82) is 0 Å². The molecule has 2 saturated carbocycles. The lowest BCUT2D eigenvalue weighted by Gasteiger charge is -2.36. The van der Waals surface area contributed by atoms with Crippen LogP contribution in [-0.2, 0) is 10.2 Å². The maximum absolute atomic E-state index is 13.3. The van der Waals surface area contributed by atoms with Gasteiger partial charge in [-0.3, -0.25) is 14.2 Å². The number of carboxylic acid groups (broad SMARTS) is 1. The molecule has 1 N–H and O–H groups in total. The average Bonchev–Trinajstić information content (AvgIpc) is 3.22. The van der Waals surface area contributed by atoms with Crippen LogP contribution in [0.4, 0.5) is 0 Å². The Bertz CT molecular complexity index is 1510. The highest BCUT2D eigenvalue weighted by molar-refractivity contribution is 9.10. The van der Waals surface area contributed by atoms with Crippen LogP contribution in [0.25, 0.3) is 16.6 Å². The van der Waals surface area contributed by atoms with Crippen molar-refractivity contribution in [3.05, 3.63) is 68.2 Å². The third-order valence-corrected chi connectivity index (χ3v) is 11.2. The Balaban J connectivity index is 1.16. The Morgan fingerprint density at radius 1 is 1.00 bits per heavy atom. The number of likely N-dealkylation sites (tertiary alicyclic amines) is 1. The summed E-state index contributed by atoms with van der Waals surface area (Å²) < 4.78 is 3.12. The molecule has 6 nitrogen and oxygen atoms in total. The Hall–Kier alpha value is -2.51. The van der Waals surface area contributed by atoms with Gasteiger partial charge in [-0.1, -0.05) is 37.5 Å². The zero-order valence-electron chi connectivity index (χ0n) is 23.1. The number of carboxylic acids is 1. The monoisotopic (exact) mass is 603 g/mol. The zero-order chi connectivity index (χ0) is 27.4. The second-order valence-corrected chi connectivity index (χ2v) is 13.6. The van der Waals surface area contributed by atoms with Gasteiger partial charge in [0.15, 0.2) is 0 Å². The first-order chi connectivity index (χ1) is 19.4. The predicted octanol–water partition coefficient (Wildman–Crippen LogP) is 6.78. The van der Waals surface area contributed by atoms with E-state index in [-0.39, 0.29) is 16.9 Å². The molecule has 0 amide bonds. The molecule has 7 heteroatoms. The second-order valence-electron chi connectivity index (χ2n) is 12.8. The molecule has 4 aliphatic rings. The molecule has 7 rings (SSSR count). The molecule has 1 aromatic heterocycles. The fourth-order valence-electron chi connectivity index (χ4n) is 8.36. The maximum Gasteiger partial charge on any atom is 0.306 e. The van der Waals surface area contributed by atoms with Gasteiger partial charge in [-0.25, -0.2) is 0 Å². The van der Waals surface area contributed by atoms with E-state index < -0.39 is 5.97 Å². The Morgan fingerprint density at radius 2 is 1.75 bits per heavy atom. The van der Waals surface area contributed by atoms with Gasteiger partial charge in [-0.15, -0.1) is 0 Å².